The van der Waals surface area contributed by atoms with E-state index in [-0.39, 0.29) is 0 Å². The number of para-hydroxylation sites is 4. The van der Waals surface area contributed by atoms with E-state index in [1.54, 1.807) is 0 Å². The smallest absolute Gasteiger partial charge is 0.160 e. The number of rotatable bonds is 8. The van der Waals surface area contributed by atoms with Crippen LogP contribution in [0.5, 0.6) is 0 Å². The van der Waals surface area contributed by atoms with Gasteiger partial charge >= 0.3 is 0 Å². The molecule has 1 aliphatic carbocycles. The van der Waals surface area contributed by atoms with Crippen LogP contribution < -0.4 is 9.80 Å². The zero-order valence-electron chi connectivity index (χ0n) is 39.6. The van der Waals surface area contributed by atoms with Crippen molar-refractivity contribution >= 4 is 99.5 Å². The summed E-state index contributed by atoms with van der Waals surface area (Å²) in [5.41, 5.74) is 15.4. The number of hydrogen-bond donors (Lipinski definition) is 0. The Morgan fingerprint density at radius 3 is 1.30 bits per heavy atom. The van der Waals surface area contributed by atoms with Crippen LogP contribution in [0.3, 0.4) is 0 Å². The molecule has 0 saturated carbocycles. The highest BCUT2D eigenvalue weighted by Gasteiger charge is 2.50. The average Bonchev–Trinajstić information content (AvgIpc) is 4.23. The predicted octanol–water partition coefficient (Wildman–Crippen LogP) is 19.1. The van der Waals surface area contributed by atoms with E-state index in [0.717, 1.165) is 128 Å². The number of anilines is 6. The Hall–Kier alpha value is -9.64. The lowest BCUT2D eigenvalue weighted by atomic mass is 9.67. The van der Waals surface area contributed by atoms with Gasteiger partial charge in [-0.05, 0) is 116 Å². The zero-order chi connectivity index (χ0) is 48.0. The van der Waals surface area contributed by atoms with Crippen LogP contribution >= 0.6 is 0 Å². The van der Waals surface area contributed by atoms with Crippen molar-refractivity contribution in [3.05, 3.63) is 289 Å². The van der Waals surface area contributed by atoms with Crippen LogP contribution in [0, 0.1) is 0 Å². The first-order valence-corrected chi connectivity index (χ1v) is 25.0. The summed E-state index contributed by atoms with van der Waals surface area (Å²) in [6.45, 7) is 0. The lowest BCUT2D eigenvalue weighted by Gasteiger charge is -2.36. The maximum atomic E-state index is 7.36. The second-order valence-electron chi connectivity index (χ2n) is 19.1. The molecule has 2 aromatic heterocycles. The molecule has 14 aromatic rings. The summed E-state index contributed by atoms with van der Waals surface area (Å²) in [5.74, 6) is 0. The van der Waals surface area contributed by atoms with Crippen molar-refractivity contribution in [1.29, 1.82) is 0 Å². The van der Waals surface area contributed by atoms with Crippen LogP contribution in [0.4, 0.5) is 34.1 Å². The molecule has 0 fully saturated rings. The van der Waals surface area contributed by atoms with Crippen molar-refractivity contribution in [2.75, 3.05) is 9.80 Å². The quantitative estimate of drug-likeness (QED) is 0.152. The van der Waals surface area contributed by atoms with E-state index in [1.807, 2.05) is 0 Å². The Labute approximate surface area is 421 Å². The van der Waals surface area contributed by atoms with Crippen LogP contribution in [0.2, 0.25) is 0 Å². The fourth-order valence-corrected chi connectivity index (χ4v) is 12.2. The van der Waals surface area contributed by atoms with E-state index in [9.17, 15) is 0 Å². The Balaban J connectivity index is 1.17. The molecule has 0 atom stereocenters. The number of furan rings is 2. The van der Waals surface area contributed by atoms with Crippen molar-refractivity contribution < 1.29 is 8.83 Å². The lowest BCUT2D eigenvalue weighted by molar-refractivity contribution is 0.668. The molecule has 4 heteroatoms. The molecule has 0 N–H and O–H groups in total. The standard InChI is InChI=1S/C69H44N2O2/c1-5-26-48(27-6-1)69(49-28-7-2-8-29-49)56-43-59(70(50-30-9-3-10-31-50)52-41-40-45-22-13-14-24-47(45)42-52)67-63(54-35-17-19-38-61(54)72-67)65(56)66-57(69)44-60(68-64(66)55-36-18-20-39-62(55)73-68)71(51-32-11-4-12-33-51)58-37-21-25-46-23-15-16-34-53(46)58/h1-44H. The summed E-state index contributed by atoms with van der Waals surface area (Å²) >= 11 is 0. The van der Waals surface area contributed by atoms with Gasteiger partial charge in [0, 0.05) is 44.0 Å². The minimum atomic E-state index is -0.858. The second kappa shape index (κ2) is 16.2. The number of fused-ring (bicyclic) bond motifs is 13. The SMILES string of the molecule is c1ccc(N(c2ccc3ccccc3c2)c2cc3c(c4c2oc2ccccc24)-c2c(cc(N(c4ccccc4)c4cccc5ccccc45)c4oc5ccccc5c24)C3(c2ccccc2)c2ccccc2)cc1. The van der Waals surface area contributed by atoms with Crippen molar-refractivity contribution in [3.8, 4) is 11.1 Å². The monoisotopic (exact) mass is 932 g/mol. The van der Waals surface area contributed by atoms with Gasteiger partial charge in [0.25, 0.3) is 0 Å². The van der Waals surface area contributed by atoms with E-state index in [0.29, 0.717) is 0 Å². The first kappa shape index (κ1) is 41.2. The summed E-state index contributed by atoms with van der Waals surface area (Å²) in [4.78, 5) is 4.81. The van der Waals surface area contributed by atoms with Crippen molar-refractivity contribution in [2.24, 2.45) is 0 Å². The number of nitrogens with zero attached hydrogens (tertiary/aromatic N) is 2. The Morgan fingerprint density at radius 1 is 0.288 bits per heavy atom. The molecule has 1 aliphatic rings. The van der Waals surface area contributed by atoms with Crippen molar-refractivity contribution in [1.82, 2.24) is 0 Å². The van der Waals surface area contributed by atoms with Gasteiger partial charge in [-0.1, -0.05) is 200 Å². The van der Waals surface area contributed by atoms with E-state index in [2.05, 4.69) is 277 Å². The normalized spacial score (nSPS) is 12.8. The molecule has 73 heavy (non-hydrogen) atoms. The lowest BCUT2D eigenvalue weighted by Crippen LogP contribution is -2.29. The molecule has 12 aromatic carbocycles. The highest BCUT2D eigenvalue weighted by Crippen LogP contribution is 2.64. The Kier molecular flexibility index (Phi) is 9.14. The third-order valence-corrected chi connectivity index (χ3v) is 15.2. The van der Waals surface area contributed by atoms with E-state index in [1.165, 1.54) is 5.39 Å². The van der Waals surface area contributed by atoms with Gasteiger partial charge in [0.05, 0.1) is 22.5 Å². The van der Waals surface area contributed by atoms with E-state index < -0.39 is 5.41 Å². The van der Waals surface area contributed by atoms with Crippen molar-refractivity contribution in [3.63, 3.8) is 0 Å². The molecule has 342 valence electrons. The maximum Gasteiger partial charge on any atom is 0.160 e. The third kappa shape index (κ3) is 6.08. The molecule has 0 amide bonds. The van der Waals surface area contributed by atoms with Gasteiger partial charge < -0.3 is 18.6 Å². The van der Waals surface area contributed by atoms with E-state index in [4.69, 9.17) is 8.83 Å². The van der Waals surface area contributed by atoms with Gasteiger partial charge in [-0.25, -0.2) is 0 Å². The van der Waals surface area contributed by atoms with Gasteiger partial charge in [0.1, 0.15) is 11.2 Å². The average molecular weight is 933 g/mol. The minimum absolute atomic E-state index is 0.812. The van der Waals surface area contributed by atoms with Gasteiger partial charge in [-0.3, -0.25) is 0 Å². The highest BCUT2D eigenvalue weighted by molar-refractivity contribution is 6.27. The summed E-state index contributed by atoms with van der Waals surface area (Å²) in [6, 6.07) is 96.5. The van der Waals surface area contributed by atoms with Crippen molar-refractivity contribution in [2.45, 2.75) is 5.41 Å². The third-order valence-electron chi connectivity index (χ3n) is 15.2. The first-order valence-electron chi connectivity index (χ1n) is 25.0. The van der Waals surface area contributed by atoms with Gasteiger partial charge in [0.15, 0.2) is 11.2 Å². The Bertz CT molecular complexity index is 4400. The predicted molar refractivity (Wildman–Crippen MR) is 303 cm³/mol. The van der Waals surface area contributed by atoms with Crippen LogP contribution in [0.25, 0.3) is 76.5 Å². The fourth-order valence-electron chi connectivity index (χ4n) is 12.2. The molecule has 0 spiro atoms. The van der Waals surface area contributed by atoms with Crippen LogP contribution in [0.1, 0.15) is 22.3 Å². The molecule has 0 saturated heterocycles. The molecule has 0 unspecified atom stereocenters. The second-order valence-corrected chi connectivity index (χ2v) is 19.1. The van der Waals surface area contributed by atoms with Crippen LogP contribution in [-0.2, 0) is 5.41 Å². The van der Waals surface area contributed by atoms with Gasteiger partial charge in [-0.2, -0.15) is 0 Å². The summed E-state index contributed by atoms with van der Waals surface area (Å²) in [5, 5.41) is 8.88. The Morgan fingerprint density at radius 2 is 0.726 bits per heavy atom. The topological polar surface area (TPSA) is 32.8 Å². The molecule has 0 aliphatic heterocycles. The molecule has 0 bridgehead atoms. The summed E-state index contributed by atoms with van der Waals surface area (Å²) < 4.78 is 14.7. The fraction of sp³-hybridized carbons (Fsp3) is 0.0145. The summed E-state index contributed by atoms with van der Waals surface area (Å²) in [7, 11) is 0. The zero-order valence-corrected chi connectivity index (χ0v) is 39.6. The molecule has 2 heterocycles. The number of hydrogen-bond acceptors (Lipinski definition) is 4. The molecular weight excluding hydrogens is 889 g/mol. The van der Waals surface area contributed by atoms with Gasteiger partial charge in [-0.15, -0.1) is 0 Å². The van der Waals surface area contributed by atoms with Crippen LogP contribution in [0.15, 0.2) is 276 Å². The molecule has 15 rings (SSSR count). The number of benzene rings is 12. The molecule has 0 radical (unpaired) electrons. The summed E-state index contributed by atoms with van der Waals surface area (Å²) in [6.07, 6.45) is 0. The maximum absolute atomic E-state index is 7.36. The van der Waals surface area contributed by atoms with E-state index >= 15 is 0 Å². The minimum Gasteiger partial charge on any atom is -0.454 e. The highest BCUT2D eigenvalue weighted by atomic mass is 16.3. The largest absolute Gasteiger partial charge is 0.454 e. The molecular formula is C69H44N2O2. The van der Waals surface area contributed by atoms with Crippen LogP contribution in [-0.4, -0.2) is 0 Å². The van der Waals surface area contributed by atoms with Gasteiger partial charge in [0.2, 0.25) is 0 Å². The molecule has 4 nitrogen and oxygen atoms in total. The first-order chi connectivity index (χ1) is 36.2.